The summed E-state index contributed by atoms with van der Waals surface area (Å²) in [5.41, 5.74) is 8.97. The van der Waals surface area contributed by atoms with E-state index in [2.05, 4.69) is 41.8 Å². The van der Waals surface area contributed by atoms with Crippen LogP contribution in [0.3, 0.4) is 0 Å². The van der Waals surface area contributed by atoms with Crippen LogP contribution in [0.2, 0.25) is 0 Å². The lowest BCUT2D eigenvalue weighted by Crippen LogP contribution is -2.33. The van der Waals surface area contributed by atoms with Crippen LogP contribution >= 0.6 is 0 Å². The van der Waals surface area contributed by atoms with Crippen LogP contribution in [-0.4, -0.2) is 27.6 Å². The predicted molar refractivity (Wildman–Crippen MR) is 119 cm³/mol. The minimum Gasteiger partial charge on any atom is -0.462 e. The van der Waals surface area contributed by atoms with Crippen LogP contribution in [0.25, 0.3) is 17.3 Å². The van der Waals surface area contributed by atoms with Gasteiger partial charge < -0.3 is 15.2 Å². The molecule has 0 amide bonds. The van der Waals surface area contributed by atoms with Gasteiger partial charge in [0.2, 0.25) is 5.88 Å². The van der Waals surface area contributed by atoms with Gasteiger partial charge in [0.25, 0.3) is 6.02 Å². The molecular formula is C24H23N5O2. The standard InChI is InChI=1S/C24H23N5O2/c1-23(2,3)10-9-16-12-27-21-20(28-16)24(14-30-22(25)29-24)17-11-18(26-13-19(17)31-21)15-7-5-4-6-8-15/h4-13H,14H2,1-3H3,(H2,25,29)/b10-9+. The molecule has 2 aliphatic heterocycles. The number of ether oxygens (including phenoxy) is 2. The summed E-state index contributed by atoms with van der Waals surface area (Å²) in [5, 5.41) is 0. The molecule has 31 heavy (non-hydrogen) atoms. The largest absolute Gasteiger partial charge is 0.462 e. The first kappa shape index (κ1) is 19.2. The molecule has 7 nitrogen and oxygen atoms in total. The van der Waals surface area contributed by atoms with Crippen LogP contribution in [0.1, 0.15) is 37.7 Å². The highest BCUT2D eigenvalue weighted by atomic mass is 16.5. The molecule has 0 aliphatic carbocycles. The fraction of sp³-hybridized carbons (Fsp3) is 0.250. The number of rotatable bonds is 2. The minimum atomic E-state index is -0.932. The Labute approximate surface area is 180 Å². The summed E-state index contributed by atoms with van der Waals surface area (Å²) in [6.45, 7) is 6.61. The van der Waals surface area contributed by atoms with Gasteiger partial charge in [-0.05, 0) is 17.6 Å². The van der Waals surface area contributed by atoms with Crippen LogP contribution < -0.4 is 10.5 Å². The molecule has 2 aromatic heterocycles. The summed E-state index contributed by atoms with van der Waals surface area (Å²) in [5.74, 6) is 0.957. The summed E-state index contributed by atoms with van der Waals surface area (Å²) < 4.78 is 11.7. The average Bonchev–Trinajstić information content (AvgIpc) is 3.15. The first-order valence-electron chi connectivity index (χ1n) is 10.1. The normalized spacial score (nSPS) is 19.5. The topological polar surface area (TPSA) is 95.5 Å². The van der Waals surface area contributed by atoms with Crippen LogP contribution in [0.5, 0.6) is 11.6 Å². The molecule has 7 heteroatoms. The molecule has 156 valence electrons. The molecule has 2 N–H and O–H groups in total. The maximum Gasteiger partial charge on any atom is 0.283 e. The molecule has 1 spiro atoms. The van der Waals surface area contributed by atoms with Crippen molar-refractivity contribution in [3.63, 3.8) is 0 Å². The Morgan fingerprint density at radius 2 is 1.90 bits per heavy atom. The van der Waals surface area contributed by atoms with Gasteiger partial charge in [-0.25, -0.2) is 15.0 Å². The maximum atomic E-state index is 6.06. The lowest BCUT2D eigenvalue weighted by molar-refractivity contribution is 0.257. The number of aliphatic imine (C=N–C) groups is 1. The summed E-state index contributed by atoms with van der Waals surface area (Å²) in [7, 11) is 0. The number of hydrogen-bond acceptors (Lipinski definition) is 7. The molecule has 0 saturated carbocycles. The van der Waals surface area contributed by atoms with Crippen LogP contribution in [0.4, 0.5) is 0 Å². The fourth-order valence-electron chi connectivity index (χ4n) is 3.69. The first-order valence-corrected chi connectivity index (χ1v) is 10.1. The van der Waals surface area contributed by atoms with Crippen molar-refractivity contribution in [2.75, 3.05) is 6.61 Å². The Kier molecular flexibility index (Phi) is 4.28. The van der Waals surface area contributed by atoms with Crippen molar-refractivity contribution in [2.45, 2.75) is 26.3 Å². The lowest BCUT2D eigenvalue weighted by atomic mass is 9.85. The van der Waals surface area contributed by atoms with Crippen molar-refractivity contribution in [3.8, 4) is 22.9 Å². The molecular weight excluding hydrogens is 390 g/mol. The Morgan fingerprint density at radius 1 is 1.10 bits per heavy atom. The zero-order chi connectivity index (χ0) is 21.6. The lowest BCUT2D eigenvalue weighted by Gasteiger charge is -2.31. The summed E-state index contributed by atoms with van der Waals surface area (Å²) in [6, 6.07) is 12.0. The SMILES string of the molecule is CC(C)(C)/C=C/c1cnc2c(n1)C1(COC(N)=N1)c1cc(-c3ccccc3)ncc1O2. The minimum absolute atomic E-state index is 0.0215. The van der Waals surface area contributed by atoms with E-state index in [-0.39, 0.29) is 18.0 Å². The second kappa shape index (κ2) is 6.91. The summed E-state index contributed by atoms with van der Waals surface area (Å²) in [6.07, 6.45) is 7.44. The van der Waals surface area contributed by atoms with Crippen LogP contribution in [0, 0.1) is 5.41 Å². The van der Waals surface area contributed by atoms with Gasteiger partial charge in [0.05, 0.1) is 23.8 Å². The van der Waals surface area contributed by atoms with Gasteiger partial charge in [0.15, 0.2) is 11.3 Å². The van der Waals surface area contributed by atoms with E-state index in [1.807, 2.05) is 42.5 Å². The van der Waals surface area contributed by atoms with Gasteiger partial charge in [-0.3, -0.25) is 4.98 Å². The molecule has 0 bridgehead atoms. The Bertz CT molecular complexity index is 1210. The van der Waals surface area contributed by atoms with E-state index in [1.54, 1.807) is 12.4 Å². The van der Waals surface area contributed by atoms with Crippen molar-refractivity contribution in [1.82, 2.24) is 15.0 Å². The third-order valence-electron chi connectivity index (χ3n) is 5.22. The molecule has 2 aliphatic rings. The average molecular weight is 413 g/mol. The number of benzene rings is 1. The monoisotopic (exact) mass is 413 g/mol. The van der Waals surface area contributed by atoms with Gasteiger partial charge >= 0.3 is 0 Å². The third kappa shape index (κ3) is 3.42. The predicted octanol–water partition coefficient (Wildman–Crippen LogP) is 4.29. The Hall–Kier alpha value is -3.74. The number of nitrogens with zero attached hydrogens (tertiary/aromatic N) is 4. The Balaban J connectivity index is 1.67. The molecule has 3 aromatic rings. The van der Waals surface area contributed by atoms with Crippen molar-refractivity contribution in [1.29, 1.82) is 0 Å². The summed E-state index contributed by atoms with van der Waals surface area (Å²) >= 11 is 0. The van der Waals surface area contributed by atoms with Crippen LogP contribution in [0.15, 0.2) is 59.9 Å². The number of nitrogens with two attached hydrogens (primary N) is 1. The van der Waals surface area contributed by atoms with E-state index in [0.717, 1.165) is 22.5 Å². The van der Waals surface area contributed by atoms with Gasteiger partial charge in [-0.15, -0.1) is 0 Å². The molecule has 0 fully saturated rings. The molecule has 1 aromatic carbocycles. The second-order valence-corrected chi connectivity index (χ2v) is 8.78. The van der Waals surface area contributed by atoms with Crippen LogP contribution in [-0.2, 0) is 10.3 Å². The number of pyridine rings is 1. The molecule has 0 saturated heterocycles. The highest BCUT2D eigenvalue weighted by Crippen LogP contribution is 2.49. The fourth-order valence-corrected chi connectivity index (χ4v) is 3.69. The smallest absolute Gasteiger partial charge is 0.283 e. The van der Waals surface area contributed by atoms with Crippen molar-refractivity contribution in [2.24, 2.45) is 16.1 Å². The zero-order valence-electron chi connectivity index (χ0n) is 17.7. The van der Waals surface area contributed by atoms with Crippen molar-refractivity contribution < 1.29 is 9.47 Å². The van der Waals surface area contributed by atoms with E-state index in [0.29, 0.717) is 17.3 Å². The highest BCUT2D eigenvalue weighted by molar-refractivity contribution is 5.76. The summed E-state index contributed by atoms with van der Waals surface area (Å²) in [4.78, 5) is 18.6. The number of allylic oxidation sites excluding steroid dienone is 1. The molecule has 4 heterocycles. The Morgan fingerprint density at radius 3 is 2.61 bits per heavy atom. The van der Waals surface area contributed by atoms with Gasteiger partial charge in [0.1, 0.15) is 12.3 Å². The number of fused-ring (bicyclic) bond motifs is 4. The van der Waals surface area contributed by atoms with Gasteiger partial charge in [0, 0.05) is 11.1 Å². The van der Waals surface area contributed by atoms with Crippen molar-refractivity contribution >= 4 is 12.1 Å². The maximum absolute atomic E-state index is 6.06. The van der Waals surface area contributed by atoms with Crippen molar-refractivity contribution in [3.05, 3.63) is 71.8 Å². The highest BCUT2D eigenvalue weighted by Gasteiger charge is 2.49. The number of amidine groups is 1. The van der Waals surface area contributed by atoms with E-state index in [4.69, 9.17) is 20.2 Å². The van der Waals surface area contributed by atoms with E-state index < -0.39 is 5.54 Å². The quantitative estimate of drug-likeness (QED) is 0.673. The van der Waals surface area contributed by atoms with E-state index in [9.17, 15) is 0 Å². The molecule has 1 unspecified atom stereocenters. The second-order valence-electron chi connectivity index (χ2n) is 8.78. The molecule has 5 rings (SSSR count). The number of aromatic nitrogens is 3. The molecule has 1 atom stereocenters. The zero-order valence-corrected chi connectivity index (χ0v) is 17.7. The van der Waals surface area contributed by atoms with Gasteiger partial charge in [-0.1, -0.05) is 57.2 Å². The van der Waals surface area contributed by atoms with Gasteiger partial charge in [-0.2, -0.15) is 0 Å². The third-order valence-corrected chi connectivity index (χ3v) is 5.22. The number of hydrogen-bond donors (Lipinski definition) is 1. The van der Waals surface area contributed by atoms with E-state index in [1.165, 1.54) is 0 Å². The first-order chi connectivity index (χ1) is 14.8. The molecule has 0 radical (unpaired) electrons. The van der Waals surface area contributed by atoms with E-state index >= 15 is 0 Å².